The van der Waals surface area contributed by atoms with Gasteiger partial charge in [-0.05, 0) is 24.6 Å². The van der Waals surface area contributed by atoms with Gasteiger partial charge in [0.15, 0.2) is 0 Å². The molecule has 118 valence electrons. The van der Waals surface area contributed by atoms with Gasteiger partial charge in [0.2, 0.25) is 0 Å². The Labute approximate surface area is 130 Å². The van der Waals surface area contributed by atoms with Gasteiger partial charge < -0.3 is 19.4 Å². The molecule has 1 atom stereocenters. The molecule has 0 aliphatic rings. The third-order valence-electron chi connectivity index (χ3n) is 3.32. The molecule has 6 nitrogen and oxygen atoms in total. The van der Waals surface area contributed by atoms with Crippen LogP contribution >= 0.6 is 0 Å². The molecule has 1 aromatic carbocycles. The quantitative estimate of drug-likeness (QED) is 0.849. The highest BCUT2D eigenvalue weighted by molar-refractivity contribution is 5.80. The van der Waals surface area contributed by atoms with Crippen LogP contribution in [-0.4, -0.2) is 41.0 Å². The van der Waals surface area contributed by atoms with E-state index < -0.39 is 6.10 Å². The highest BCUT2D eigenvalue weighted by Gasteiger charge is 2.18. The predicted octanol–water partition coefficient (Wildman–Crippen LogP) is 1.98. The monoisotopic (exact) mass is 303 g/mol. The second-order valence-electron chi connectivity index (χ2n) is 5.08. The van der Waals surface area contributed by atoms with E-state index in [1.165, 1.54) is 0 Å². The number of ether oxygens (including phenoxy) is 2. The van der Waals surface area contributed by atoms with E-state index in [0.29, 0.717) is 13.2 Å². The lowest BCUT2D eigenvalue weighted by molar-refractivity contribution is -0.142. The zero-order valence-electron chi connectivity index (χ0n) is 13.1. The lowest BCUT2D eigenvalue weighted by Crippen LogP contribution is -2.35. The number of amides is 1. The van der Waals surface area contributed by atoms with E-state index in [0.717, 1.165) is 17.0 Å². The van der Waals surface area contributed by atoms with Crippen molar-refractivity contribution in [2.45, 2.75) is 26.2 Å². The number of nitrogens with zero attached hydrogens (tertiary/aromatic N) is 2. The molecule has 2 aromatic rings. The minimum Gasteiger partial charge on any atom is -0.497 e. The number of likely N-dealkylation sites (N-methyl/N-ethyl adjacent to an activating group) is 1. The van der Waals surface area contributed by atoms with E-state index in [1.54, 1.807) is 38.5 Å². The van der Waals surface area contributed by atoms with Crippen molar-refractivity contribution in [3.63, 3.8) is 0 Å². The Morgan fingerprint density at radius 1 is 1.45 bits per heavy atom. The van der Waals surface area contributed by atoms with Crippen molar-refractivity contribution in [1.82, 2.24) is 14.9 Å². The highest BCUT2D eigenvalue weighted by atomic mass is 16.5. The maximum absolute atomic E-state index is 12.3. The van der Waals surface area contributed by atoms with Crippen molar-refractivity contribution in [3.05, 3.63) is 48.0 Å². The molecular weight excluding hydrogens is 282 g/mol. The predicted molar refractivity (Wildman–Crippen MR) is 82.3 cm³/mol. The van der Waals surface area contributed by atoms with Gasteiger partial charge in [-0.1, -0.05) is 12.1 Å². The molecule has 6 heteroatoms. The van der Waals surface area contributed by atoms with E-state index in [2.05, 4.69) is 9.97 Å². The van der Waals surface area contributed by atoms with Crippen LogP contribution in [0.2, 0.25) is 0 Å². The summed E-state index contributed by atoms with van der Waals surface area (Å²) in [5.41, 5.74) is 1.85. The highest BCUT2D eigenvalue weighted by Crippen LogP contribution is 2.14. The maximum atomic E-state index is 12.3. The van der Waals surface area contributed by atoms with Crippen LogP contribution in [0.15, 0.2) is 36.8 Å². The van der Waals surface area contributed by atoms with Crippen LogP contribution in [0.3, 0.4) is 0 Å². The van der Waals surface area contributed by atoms with Gasteiger partial charge in [-0.25, -0.2) is 4.98 Å². The van der Waals surface area contributed by atoms with E-state index in [4.69, 9.17) is 9.47 Å². The summed E-state index contributed by atoms with van der Waals surface area (Å²) in [5, 5.41) is 0. The Bertz CT molecular complexity index is 598. The van der Waals surface area contributed by atoms with E-state index in [-0.39, 0.29) is 5.91 Å². The standard InChI is InChI=1S/C16H21N3O3/c1-12(16(20)19(2)9-14-8-17-11-18-14)22-10-13-5-4-6-15(7-13)21-3/h4-8,11-12H,9-10H2,1-3H3,(H,17,18). The van der Waals surface area contributed by atoms with E-state index in [9.17, 15) is 4.79 Å². The summed E-state index contributed by atoms with van der Waals surface area (Å²) < 4.78 is 10.8. The summed E-state index contributed by atoms with van der Waals surface area (Å²) in [5.74, 6) is 0.703. The molecule has 1 aromatic heterocycles. The number of carbonyl (C=O) groups excluding carboxylic acids is 1. The molecule has 0 bridgehead atoms. The van der Waals surface area contributed by atoms with Gasteiger partial charge in [-0.15, -0.1) is 0 Å². The van der Waals surface area contributed by atoms with E-state index >= 15 is 0 Å². The van der Waals surface area contributed by atoms with Crippen LogP contribution in [-0.2, 0) is 22.7 Å². The van der Waals surface area contributed by atoms with Gasteiger partial charge >= 0.3 is 0 Å². The topological polar surface area (TPSA) is 67.5 Å². The summed E-state index contributed by atoms with van der Waals surface area (Å²) in [4.78, 5) is 20.8. The first-order valence-electron chi connectivity index (χ1n) is 7.07. The number of aromatic nitrogens is 2. The molecule has 0 aliphatic heterocycles. The lowest BCUT2D eigenvalue weighted by Gasteiger charge is -2.21. The van der Waals surface area contributed by atoms with Gasteiger partial charge in [0.25, 0.3) is 5.91 Å². The number of aromatic amines is 1. The second-order valence-corrected chi connectivity index (χ2v) is 5.08. The first-order chi connectivity index (χ1) is 10.6. The van der Waals surface area contributed by atoms with Crippen molar-refractivity contribution < 1.29 is 14.3 Å². The zero-order valence-corrected chi connectivity index (χ0v) is 13.1. The minimum atomic E-state index is -0.515. The molecule has 22 heavy (non-hydrogen) atoms. The van der Waals surface area contributed by atoms with Crippen molar-refractivity contribution in [3.8, 4) is 5.75 Å². The molecule has 1 unspecified atom stereocenters. The molecule has 0 saturated heterocycles. The molecule has 0 radical (unpaired) electrons. The molecule has 2 rings (SSSR count). The summed E-state index contributed by atoms with van der Waals surface area (Å²) in [7, 11) is 3.37. The molecular formula is C16H21N3O3. The number of imidazole rings is 1. The largest absolute Gasteiger partial charge is 0.497 e. The number of benzene rings is 1. The summed E-state index contributed by atoms with van der Waals surface area (Å²) >= 11 is 0. The normalized spacial score (nSPS) is 12.0. The average molecular weight is 303 g/mol. The summed E-state index contributed by atoms with van der Waals surface area (Å²) in [6.07, 6.45) is 2.78. The molecule has 1 heterocycles. The zero-order chi connectivity index (χ0) is 15.9. The Morgan fingerprint density at radius 3 is 2.95 bits per heavy atom. The van der Waals surface area contributed by atoms with Crippen LogP contribution in [0.4, 0.5) is 0 Å². The van der Waals surface area contributed by atoms with Gasteiger partial charge in [-0.3, -0.25) is 4.79 Å². The number of hydrogen-bond acceptors (Lipinski definition) is 4. The van der Waals surface area contributed by atoms with E-state index in [1.807, 2.05) is 24.3 Å². The molecule has 0 spiro atoms. The third kappa shape index (κ3) is 4.33. The number of nitrogens with one attached hydrogen (secondary N) is 1. The van der Waals surface area contributed by atoms with Gasteiger partial charge in [-0.2, -0.15) is 0 Å². The summed E-state index contributed by atoms with van der Waals surface area (Å²) in [6.45, 7) is 2.60. The molecule has 1 N–H and O–H groups in total. The average Bonchev–Trinajstić information content (AvgIpc) is 3.04. The van der Waals surface area contributed by atoms with Crippen molar-refractivity contribution in [2.75, 3.05) is 14.2 Å². The maximum Gasteiger partial charge on any atom is 0.251 e. The first-order valence-corrected chi connectivity index (χ1v) is 7.07. The van der Waals surface area contributed by atoms with Crippen LogP contribution < -0.4 is 4.74 Å². The van der Waals surface area contributed by atoms with Crippen molar-refractivity contribution in [1.29, 1.82) is 0 Å². The van der Waals surface area contributed by atoms with Gasteiger partial charge in [0.05, 0.1) is 32.3 Å². The Balaban J connectivity index is 1.85. The van der Waals surface area contributed by atoms with Gasteiger partial charge in [0.1, 0.15) is 11.9 Å². The minimum absolute atomic E-state index is 0.0718. The molecule has 0 aliphatic carbocycles. The number of methoxy groups -OCH3 is 1. The van der Waals surface area contributed by atoms with Crippen LogP contribution in [0.1, 0.15) is 18.2 Å². The number of H-pyrrole nitrogens is 1. The fourth-order valence-electron chi connectivity index (χ4n) is 2.07. The number of rotatable bonds is 7. The SMILES string of the molecule is COc1cccc(COC(C)C(=O)N(C)Cc2cnc[nH]2)c1. The number of carbonyl (C=O) groups is 1. The van der Waals surface area contributed by atoms with Crippen LogP contribution in [0, 0.1) is 0 Å². The Kier molecular flexibility index (Phi) is 5.55. The molecule has 0 saturated carbocycles. The first kappa shape index (κ1) is 16.0. The Morgan fingerprint density at radius 2 is 2.27 bits per heavy atom. The lowest BCUT2D eigenvalue weighted by atomic mass is 10.2. The molecule has 1 amide bonds. The van der Waals surface area contributed by atoms with Crippen molar-refractivity contribution in [2.24, 2.45) is 0 Å². The number of hydrogen-bond donors (Lipinski definition) is 1. The Hall–Kier alpha value is -2.34. The van der Waals surface area contributed by atoms with Gasteiger partial charge in [0, 0.05) is 13.2 Å². The smallest absolute Gasteiger partial charge is 0.251 e. The van der Waals surface area contributed by atoms with Crippen molar-refractivity contribution >= 4 is 5.91 Å². The molecule has 0 fully saturated rings. The summed E-state index contributed by atoms with van der Waals surface area (Å²) in [6, 6.07) is 7.60. The van der Waals surface area contributed by atoms with Crippen LogP contribution in [0.25, 0.3) is 0 Å². The fraction of sp³-hybridized carbons (Fsp3) is 0.375. The van der Waals surface area contributed by atoms with Crippen LogP contribution in [0.5, 0.6) is 5.75 Å². The fourth-order valence-corrected chi connectivity index (χ4v) is 2.07. The second kappa shape index (κ2) is 7.61. The third-order valence-corrected chi connectivity index (χ3v) is 3.32.